The maximum Gasteiger partial charge on any atom is 0.265 e. The lowest BCUT2D eigenvalue weighted by Crippen LogP contribution is -2.29. The number of pyridine rings is 2. The summed E-state index contributed by atoms with van der Waals surface area (Å²) < 4.78 is 30.0. The van der Waals surface area contributed by atoms with E-state index in [4.69, 9.17) is 5.73 Å². The number of hydrogen-bond donors (Lipinski definition) is 3. The van der Waals surface area contributed by atoms with Crippen molar-refractivity contribution in [3.05, 3.63) is 49.2 Å². The van der Waals surface area contributed by atoms with Crippen LogP contribution in [0.15, 0.2) is 54.1 Å². The molecule has 1 aliphatic rings. The van der Waals surface area contributed by atoms with Gasteiger partial charge < -0.3 is 11.1 Å². The number of aromatic nitrogens is 4. The first-order chi connectivity index (χ1) is 13.5. The molecule has 4 N–H and O–H groups in total. The van der Waals surface area contributed by atoms with Crippen LogP contribution >= 0.6 is 0 Å². The normalized spacial score (nSPS) is 15.4. The van der Waals surface area contributed by atoms with E-state index in [2.05, 4.69) is 25.1 Å². The van der Waals surface area contributed by atoms with Crippen LogP contribution in [0.25, 0.3) is 11.1 Å². The number of hydrogen-bond acceptors (Lipinski definition) is 7. The fourth-order valence-electron chi connectivity index (χ4n) is 3.22. The largest absolute Gasteiger partial charge is 0.383 e. The lowest BCUT2D eigenvalue weighted by atomic mass is 10.1. The summed E-state index contributed by atoms with van der Waals surface area (Å²) in [6, 6.07) is 5.11. The summed E-state index contributed by atoms with van der Waals surface area (Å²) in [5.74, 6) is -0.0640. The zero-order valence-corrected chi connectivity index (χ0v) is 15.9. The van der Waals surface area contributed by atoms with E-state index in [-0.39, 0.29) is 10.7 Å². The Balaban J connectivity index is 1.63. The summed E-state index contributed by atoms with van der Waals surface area (Å²) in [6.07, 6.45) is 10.2. The van der Waals surface area contributed by atoms with Gasteiger partial charge in [-0.25, -0.2) is 13.4 Å². The molecule has 0 aliphatic carbocycles. The molecule has 4 rings (SSSR count). The molecule has 1 saturated heterocycles. The summed E-state index contributed by atoms with van der Waals surface area (Å²) >= 11 is 0. The third kappa shape index (κ3) is 3.82. The maximum atomic E-state index is 12.8. The minimum atomic E-state index is -3.90. The fraction of sp³-hybridized carbons (Fsp3) is 0.278. The topological polar surface area (TPSA) is 128 Å². The van der Waals surface area contributed by atoms with Gasteiger partial charge in [0.2, 0.25) is 0 Å². The van der Waals surface area contributed by atoms with Crippen molar-refractivity contribution >= 4 is 21.5 Å². The smallest absolute Gasteiger partial charge is 0.265 e. The van der Waals surface area contributed by atoms with Gasteiger partial charge in [-0.05, 0) is 44.1 Å². The molecule has 0 bridgehead atoms. The number of nitrogen functional groups attached to an aromatic ring is 1. The molecule has 146 valence electrons. The number of rotatable bonds is 5. The molecule has 9 nitrogen and oxygen atoms in total. The third-order valence-corrected chi connectivity index (χ3v) is 6.11. The van der Waals surface area contributed by atoms with Crippen molar-refractivity contribution in [3.63, 3.8) is 0 Å². The number of nitrogens with zero attached hydrogens (tertiary/aromatic N) is 4. The lowest BCUT2D eigenvalue weighted by Gasteiger charge is -2.22. The molecular formula is C18H21N7O2S. The summed E-state index contributed by atoms with van der Waals surface area (Å²) in [7, 11) is -3.90. The van der Waals surface area contributed by atoms with Crippen molar-refractivity contribution in [2.45, 2.75) is 23.8 Å². The van der Waals surface area contributed by atoms with Crippen molar-refractivity contribution in [2.24, 2.45) is 0 Å². The van der Waals surface area contributed by atoms with Crippen molar-refractivity contribution in [3.8, 4) is 11.1 Å². The van der Waals surface area contributed by atoms with E-state index in [1.165, 1.54) is 12.3 Å². The Bertz CT molecular complexity index is 1060. The molecule has 3 aromatic rings. The van der Waals surface area contributed by atoms with Crippen molar-refractivity contribution in [1.82, 2.24) is 25.1 Å². The SMILES string of the molecule is Nc1ncc(-c2cnn(C3CCNCC3)c2)cc1S(=O)(=O)Nc1cccnc1. The Hall–Kier alpha value is -2.98. The number of sulfonamides is 1. The number of nitrogens with two attached hydrogens (primary N) is 1. The predicted molar refractivity (Wildman–Crippen MR) is 106 cm³/mol. The van der Waals surface area contributed by atoms with Crippen LogP contribution < -0.4 is 15.8 Å². The average Bonchev–Trinajstić information content (AvgIpc) is 3.19. The highest BCUT2D eigenvalue weighted by molar-refractivity contribution is 7.92. The van der Waals surface area contributed by atoms with Gasteiger partial charge in [-0.1, -0.05) is 0 Å². The molecule has 4 heterocycles. The Morgan fingerprint density at radius 3 is 2.75 bits per heavy atom. The third-order valence-electron chi connectivity index (χ3n) is 4.70. The van der Waals surface area contributed by atoms with Gasteiger partial charge in [0.15, 0.2) is 0 Å². The molecule has 3 aromatic heterocycles. The Labute approximate surface area is 163 Å². The summed E-state index contributed by atoms with van der Waals surface area (Å²) in [5, 5.41) is 7.78. The lowest BCUT2D eigenvalue weighted by molar-refractivity contribution is 0.343. The minimum absolute atomic E-state index is 0.0640. The molecule has 0 radical (unpaired) electrons. The number of piperidine rings is 1. The predicted octanol–water partition coefficient (Wildman–Crippen LogP) is 1.65. The number of anilines is 2. The fourth-order valence-corrected chi connectivity index (χ4v) is 4.37. The monoisotopic (exact) mass is 399 g/mol. The van der Waals surface area contributed by atoms with E-state index in [9.17, 15) is 8.42 Å². The molecule has 28 heavy (non-hydrogen) atoms. The minimum Gasteiger partial charge on any atom is -0.383 e. The highest BCUT2D eigenvalue weighted by Gasteiger charge is 2.21. The van der Waals surface area contributed by atoms with Crippen LogP contribution in [0.5, 0.6) is 0 Å². The molecule has 0 amide bonds. The van der Waals surface area contributed by atoms with E-state index in [1.54, 1.807) is 30.7 Å². The summed E-state index contributed by atoms with van der Waals surface area (Å²) in [5.41, 5.74) is 7.64. The average molecular weight is 399 g/mol. The van der Waals surface area contributed by atoms with Crippen molar-refractivity contribution in [1.29, 1.82) is 0 Å². The Morgan fingerprint density at radius 2 is 2.00 bits per heavy atom. The second-order valence-corrected chi connectivity index (χ2v) is 8.30. The first kappa shape index (κ1) is 18.4. The van der Waals surface area contributed by atoms with E-state index in [0.717, 1.165) is 31.5 Å². The zero-order chi connectivity index (χ0) is 19.6. The number of nitrogens with one attached hydrogen (secondary N) is 2. The van der Waals surface area contributed by atoms with Crippen LogP contribution in [-0.2, 0) is 10.0 Å². The standard InChI is InChI=1S/C18H21N7O2S/c19-18-17(28(26,27)24-15-2-1-5-21-11-15)8-13(9-22-18)14-10-23-25(12-14)16-3-6-20-7-4-16/h1-2,5,8-12,16,20,24H,3-4,6-7H2,(H2,19,22). The maximum absolute atomic E-state index is 12.8. The van der Waals surface area contributed by atoms with E-state index in [0.29, 0.717) is 17.3 Å². The molecule has 0 unspecified atom stereocenters. The molecule has 0 spiro atoms. The van der Waals surface area contributed by atoms with Gasteiger partial charge in [-0.15, -0.1) is 0 Å². The molecule has 1 fully saturated rings. The van der Waals surface area contributed by atoms with Gasteiger partial charge in [-0.2, -0.15) is 5.10 Å². The van der Waals surface area contributed by atoms with Gasteiger partial charge in [0.25, 0.3) is 10.0 Å². The molecule has 10 heteroatoms. The quantitative estimate of drug-likeness (QED) is 0.595. The van der Waals surface area contributed by atoms with Crippen LogP contribution in [0.2, 0.25) is 0 Å². The second kappa shape index (κ2) is 7.56. The van der Waals surface area contributed by atoms with E-state index < -0.39 is 10.0 Å². The van der Waals surface area contributed by atoms with Crippen LogP contribution in [0.3, 0.4) is 0 Å². The van der Waals surface area contributed by atoms with Gasteiger partial charge >= 0.3 is 0 Å². The molecule has 0 saturated carbocycles. The molecule has 0 atom stereocenters. The van der Waals surface area contributed by atoms with Crippen LogP contribution in [0.4, 0.5) is 11.5 Å². The van der Waals surface area contributed by atoms with Crippen molar-refractivity contribution in [2.75, 3.05) is 23.5 Å². The van der Waals surface area contributed by atoms with Gasteiger partial charge in [0.05, 0.1) is 24.1 Å². The van der Waals surface area contributed by atoms with E-state index >= 15 is 0 Å². The molecular weight excluding hydrogens is 378 g/mol. The Morgan fingerprint density at radius 1 is 1.18 bits per heavy atom. The first-order valence-corrected chi connectivity index (χ1v) is 10.4. The second-order valence-electron chi connectivity index (χ2n) is 6.64. The van der Waals surface area contributed by atoms with Crippen LogP contribution in [0.1, 0.15) is 18.9 Å². The van der Waals surface area contributed by atoms with Gasteiger partial charge in [-0.3, -0.25) is 14.4 Å². The molecule has 0 aromatic carbocycles. The van der Waals surface area contributed by atoms with Crippen LogP contribution in [-0.4, -0.2) is 41.3 Å². The highest BCUT2D eigenvalue weighted by Crippen LogP contribution is 2.27. The van der Waals surface area contributed by atoms with E-state index in [1.807, 2.05) is 10.9 Å². The van der Waals surface area contributed by atoms with Crippen molar-refractivity contribution < 1.29 is 8.42 Å². The summed E-state index contributed by atoms with van der Waals surface area (Å²) in [6.45, 7) is 1.93. The Kier molecular flexibility index (Phi) is 4.97. The molecule has 1 aliphatic heterocycles. The van der Waals surface area contributed by atoms with Gasteiger partial charge in [0.1, 0.15) is 10.7 Å². The highest BCUT2D eigenvalue weighted by atomic mass is 32.2. The first-order valence-electron chi connectivity index (χ1n) is 8.96. The van der Waals surface area contributed by atoms with Crippen LogP contribution in [0, 0.1) is 0 Å². The zero-order valence-electron chi connectivity index (χ0n) is 15.1. The summed E-state index contributed by atoms with van der Waals surface area (Å²) in [4.78, 5) is 7.91. The van der Waals surface area contributed by atoms with Gasteiger partial charge in [0, 0.05) is 29.7 Å².